The quantitative estimate of drug-likeness (QED) is 0.618. The number of ether oxygens (including phenoxy) is 2. The first-order valence-electron chi connectivity index (χ1n) is 7.83. The molecule has 1 aliphatic heterocycles. The molecule has 5 nitrogen and oxygen atoms in total. The Morgan fingerprint density at radius 1 is 1.08 bits per heavy atom. The SMILES string of the molecule is COC(=O)C1=C(c2ccc(Cl)cc2)NC(=S)N[C@@H]1c1ccc(OC)cc1. The van der Waals surface area contributed by atoms with Crippen LogP contribution in [0.15, 0.2) is 54.1 Å². The molecule has 1 atom stereocenters. The van der Waals surface area contributed by atoms with E-state index in [9.17, 15) is 4.79 Å². The van der Waals surface area contributed by atoms with E-state index < -0.39 is 12.0 Å². The summed E-state index contributed by atoms with van der Waals surface area (Å²) >= 11 is 11.3. The fraction of sp³-hybridized carbons (Fsp3) is 0.158. The molecular formula is C19H17ClN2O3S. The van der Waals surface area contributed by atoms with Crippen LogP contribution in [0.3, 0.4) is 0 Å². The van der Waals surface area contributed by atoms with Gasteiger partial charge in [-0.15, -0.1) is 0 Å². The van der Waals surface area contributed by atoms with Gasteiger partial charge >= 0.3 is 5.97 Å². The largest absolute Gasteiger partial charge is 0.497 e. The first kappa shape index (κ1) is 18.2. The zero-order chi connectivity index (χ0) is 18.7. The average molecular weight is 389 g/mol. The van der Waals surface area contributed by atoms with Gasteiger partial charge in [-0.05, 0) is 47.6 Å². The van der Waals surface area contributed by atoms with Crippen LogP contribution in [0, 0.1) is 0 Å². The van der Waals surface area contributed by atoms with Crippen LogP contribution in [0.5, 0.6) is 5.75 Å². The number of hydrogen-bond acceptors (Lipinski definition) is 4. The van der Waals surface area contributed by atoms with Gasteiger partial charge in [0.25, 0.3) is 0 Å². The maximum Gasteiger partial charge on any atom is 0.338 e. The minimum atomic E-state index is -0.451. The number of carbonyl (C=O) groups is 1. The number of methoxy groups -OCH3 is 2. The third-order valence-corrected chi connectivity index (χ3v) is 4.53. The molecule has 2 aromatic rings. The predicted molar refractivity (Wildman–Crippen MR) is 105 cm³/mol. The van der Waals surface area contributed by atoms with Gasteiger partial charge in [0.2, 0.25) is 0 Å². The molecule has 0 radical (unpaired) electrons. The van der Waals surface area contributed by atoms with Gasteiger partial charge in [-0.2, -0.15) is 0 Å². The van der Waals surface area contributed by atoms with Crippen LogP contribution in [-0.2, 0) is 9.53 Å². The van der Waals surface area contributed by atoms with E-state index in [1.165, 1.54) is 7.11 Å². The Morgan fingerprint density at radius 3 is 2.31 bits per heavy atom. The molecule has 0 spiro atoms. The molecule has 0 aliphatic carbocycles. The Kier molecular flexibility index (Phi) is 5.44. The van der Waals surface area contributed by atoms with Gasteiger partial charge in [-0.1, -0.05) is 35.9 Å². The van der Waals surface area contributed by atoms with Crippen molar-refractivity contribution >= 4 is 40.6 Å². The molecule has 0 bridgehead atoms. The molecule has 1 heterocycles. The van der Waals surface area contributed by atoms with Crippen LogP contribution in [0.4, 0.5) is 0 Å². The maximum absolute atomic E-state index is 12.6. The molecule has 3 rings (SSSR count). The molecule has 1 aliphatic rings. The Hall–Kier alpha value is -2.57. The molecule has 7 heteroatoms. The minimum absolute atomic E-state index is 0.420. The smallest absolute Gasteiger partial charge is 0.338 e. The summed E-state index contributed by atoms with van der Waals surface area (Å²) in [6.45, 7) is 0. The van der Waals surface area contributed by atoms with Crippen molar-refractivity contribution in [2.24, 2.45) is 0 Å². The van der Waals surface area contributed by atoms with E-state index in [1.807, 2.05) is 36.4 Å². The van der Waals surface area contributed by atoms with Gasteiger partial charge in [0.15, 0.2) is 5.11 Å². The number of hydrogen-bond donors (Lipinski definition) is 2. The topological polar surface area (TPSA) is 59.6 Å². The molecule has 0 saturated carbocycles. The normalized spacial score (nSPS) is 16.6. The molecule has 0 amide bonds. The lowest BCUT2D eigenvalue weighted by molar-refractivity contribution is -0.136. The Bertz CT molecular complexity index is 863. The van der Waals surface area contributed by atoms with Gasteiger partial charge in [0.05, 0.1) is 31.5 Å². The highest BCUT2D eigenvalue weighted by molar-refractivity contribution is 7.80. The standard InChI is InChI=1S/C19H17ClN2O3S/c1-24-14-9-5-12(6-10-14)17-15(18(23)25-2)16(21-19(26)22-17)11-3-7-13(20)8-4-11/h3-10,17H,1-2H3,(H2,21,22,26)/t17-/m1/s1. The van der Waals surface area contributed by atoms with E-state index in [1.54, 1.807) is 19.2 Å². The van der Waals surface area contributed by atoms with Crippen LogP contribution in [-0.4, -0.2) is 25.3 Å². The number of benzene rings is 2. The highest BCUT2D eigenvalue weighted by Gasteiger charge is 2.32. The first-order chi connectivity index (χ1) is 12.5. The summed E-state index contributed by atoms with van der Waals surface area (Å²) < 4.78 is 10.2. The average Bonchev–Trinajstić information content (AvgIpc) is 2.67. The number of rotatable bonds is 4. The van der Waals surface area contributed by atoms with Crippen molar-refractivity contribution in [2.75, 3.05) is 14.2 Å². The molecule has 0 saturated heterocycles. The third kappa shape index (κ3) is 3.66. The molecule has 0 unspecified atom stereocenters. The van der Waals surface area contributed by atoms with E-state index in [0.29, 0.717) is 21.4 Å². The summed E-state index contributed by atoms with van der Waals surface area (Å²) in [6.07, 6.45) is 0. The van der Waals surface area contributed by atoms with Crippen molar-refractivity contribution in [3.05, 3.63) is 70.3 Å². The van der Waals surface area contributed by atoms with E-state index in [2.05, 4.69) is 10.6 Å². The summed E-state index contributed by atoms with van der Waals surface area (Å²) in [7, 11) is 2.96. The fourth-order valence-corrected chi connectivity index (χ4v) is 3.13. The van der Waals surface area contributed by atoms with Crippen LogP contribution >= 0.6 is 23.8 Å². The highest BCUT2D eigenvalue weighted by atomic mass is 35.5. The van der Waals surface area contributed by atoms with Crippen LogP contribution in [0.25, 0.3) is 5.70 Å². The monoisotopic (exact) mass is 388 g/mol. The predicted octanol–water partition coefficient (Wildman–Crippen LogP) is 3.45. The zero-order valence-corrected chi connectivity index (χ0v) is 15.8. The molecular weight excluding hydrogens is 372 g/mol. The Morgan fingerprint density at radius 2 is 1.73 bits per heavy atom. The van der Waals surface area contributed by atoms with Crippen LogP contribution < -0.4 is 15.4 Å². The van der Waals surface area contributed by atoms with E-state index in [0.717, 1.165) is 16.9 Å². The summed E-state index contributed by atoms with van der Waals surface area (Å²) in [6, 6.07) is 14.1. The second-order valence-corrected chi connectivity index (χ2v) is 6.44. The fourth-order valence-electron chi connectivity index (χ4n) is 2.79. The van der Waals surface area contributed by atoms with Gasteiger partial charge in [-0.3, -0.25) is 0 Å². The van der Waals surface area contributed by atoms with Gasteiger partial charge < -0.3 is 20.1 Å². The van der Waals surface area contributed by atoms with Crippen molar-refractivity contribution in [1.29, 1.82) is 0 Å². The van der Waals surface area contributed by atoms with Crippen molar-refractivity contribution in [3.8, 4) is 5.75 Å². The molecule has 0 fully saturated rings. The summed E-state index contributed by atoms with van der Waals surface area (Å²) in [5.74, 6) is 0.282. The number of carbonyl (C=O) groups excluding carboxylic acids is 1. The van der Waals surface area contributed by atoms with E-state index in [4.69, 9.17) is 33.3 Å². The Balaban J connectivity index is 2.14. The second kappa shape index (κ2) is 7.76. The van der Waals surface area contributed by atoms with Crippen LogP contribution in [0.2, 0.25) is 5.02 Å². The van der Waals surface area contributed by atoms with Gasteiger partial charge in [0, 0.05) is 5.02 Å². The molecule has 26 heavy (non-hydrogen) atoms. The van der Waals surface area contributed by atoms with Crippen molar-refractivity contribution < 1.29 is 14.3 Å². The molecule has 0 aromatic heterocycles. The highest BCUT2D eigenvalue weighted by Crippen LogP contribution is 2.33. The first-order valence-corrected chi connectivity index (χ1v) is 8.62. The van der Waals surface area contributed by atoms with E-state index >= 15 is 0 Å². The molecule has 134 valence electrons. The Labute approximate surface area is 161 Å². The second-order valence-electron chi connectivity index (χ2n) is 5.59. The number of esters is 1. The van der Waals surface area contributed by atoms with Gasteiger partial charge in [0.1, 0.15) is 5.75 Å². The molecule has 2 N–H and O–H groups in total. The lowest BCUT2D eigenvalue weighted by Crippen LogP contribution is -2.45. The minimum Gasteiger partial charge on any atom is -0.497 e. The zero-order valence-electron chi connectivity index (χ0n) is 14.2. The summed E-state index contributed by atoms with van der Waals surface area (Å²) in [5, 5.41) is 7.24. The van der Waals surface area contributed by atoms with E-state index in [-0.39, 0.29) is 0 Å². The van der Waals surface area contributed by atoms with Crippen molar-refractivity contribution in [3.63, 3.8) is 0 Å². The molecule has 2 aromatic carbocycles. The van der Waals surface area contributed by atoms with Crippen molar-refractivity contribution in [1.82, 2.24) is 10.6 Å². The third-order valence-electron chi connectivity index (χ3n) is 4.06. The van der Waals surface area contributed by atoms with Crippen molar-refractivity contribution in [2.45, 2.75) is 6.04 Å². The maximum atomic E-state index is 12.6. The number of thiocarbonyl (C=S) groups is 1. The van der Waals surface area contributed by atoms with Gasteiger partial charge in [-0.25, -0.2) is 4.79 Å². The lowest BCUT2D eigenvalue weighted by Gasteiger charge is -2.31. The number of halogens is 1. The summed E-state index contributed by atoms with van der Waals surface area (Å²) in [5.41, 5.74) is 2.69. The summed E-state index contributed by atoms with van der Waals surface area (Å²) in [4.78, 5) is 12.6. The lowest BCUT2D eigenvalue weighted by atomic mass is 9.93. The van der Waals surface area contributed by atoms with Crippen LogP contribution in [0.1, 0.15) is 17.2 Å². The number of nitrogens with one attached hydrogen (secondary N) is 2.